The van der Waals surface area contributed by atoms with Crippen molar-refractivity contribution >= 4 is 34.5 Å². The molecule has 1 unspecified atom stereocenters. The highest BCUT2D eigenvalue weighted by Gasteiger charge is 2.09. The van der Waals surface area contributed by atoms with Crippen LogP contribution in [0.25, 0.3) is 0 Å². The maximum Gasteiger partial charge on any atom is 0.314 e. The molecule has 0 spiro atoms. The van der Waals surface area contributed by atoms with Crippen molar-refractivity contribution in [3.8, 4) is 0 Å². The Morgan fingerprint density at radius 2 is 1.71 bits per heavy atom. The molecule has 0 saturated carbocycles. The molecule has 0 aliphatic heterocycles. The van der Waals surface area contributed by atoms with Gasteiger partial charge in [0, 0.05) is 35.7 Å². The summed E-state index contributed by atoms with van der Waals surface area (Å²) in [5.41, 5.74) is 2.44. The summed E-state index contributed by atoms with van der Waals surface area (Å²) in [5, 5.41) is 18.7. The summed E-state index contributed by atoms with van der Waals surface area (Å²) in [6.45, 7) is 1.03. The topological polar surface area (TPSA) is 86.5 Å². The molecule has 0 fully saturated rings. The maximum absolute atomic E-state index is 11.9. The fourth-order valence-electron chi connectivity index (χ4n) is 3.07. The molecule has 2 aromatic carbocycles. The third-order valence-electron chi connectivity index (χ3n) is 4.73. The lowest BCUT2D eigenvalue weighted by molar-refractivity contribution is 0.181. The largest absolute Gasteiger partial charge is 0.445 e. The smallest absolute Gasteiger partial charge is 0.314 e. The van der Waals surface area contributed by atoms with Gasteiger partial charge < -0.3 is 25.5 Å². The first-order chi connectivity index (χ1) is 15.1. The van der Waals surface area contributed by atoms with Gasteiger partial charge in [0.05, 0.1) is 6.10 Å². The molecule has 0 aliphatic rings. The Bertz CT molecular complexity index is 929. The van der Waals surface area contributed by atoms with Crippen molar-refractivity contribution < 1.29 is 14.3 Å². The average Bonchev–Trinajstić information content (AvgIpc) is 3.23. The monoisotopic (exact) mass is 533 g/mol. The van der Waals surface area contributed by atoms with E-state index in [0.29, 0.717) is 12.4 Å². The van der Waals surface area contributed by atoms with Crippen LogP contribution in [0, 0.1) is 3.57 Å². The Morgan fingerprint density at radius 1 is 0.935 bits per heavy atom. The number of aryl methyl sites for hydroxylation is 1. The first kappa shape index (κ1) is 23.1. The number of aliphatic hydroxyl groups is 1. The van der Waals surface area contributed by atoms with Crippen molar-refractivity contribution in [2.24, 2.45) is 0 Å². The van der Waals surface area contributed by atoms with Crippen LogP contribution in [0.3, 0.4) is 0 Å². The van der Waals surface area contributed by atoms with Gasteiger partial charge in [-0.25, -0.2) is 4.79 Å². The molecule has 1 aromatic heterocycles. The van der Waals surface area contributed by atoms with Gasteiger partial charge in [0.1, 0.15) is 5.76 Å². The zero-order chi connectivity index (χ0) is 21.9. The molecule has 2 amide bonds. The molecular formula is C24H28IN3O3. The van der Waals surface area contributed by atoms with E-state index in [1.807, 2.05) is 30.3 Å². The Kier molecular flexibility index (Phi) is 9.23. The van der Waals surface area contributed by atoms with E-state index in [4.69, 9.17) is 4.42 Å². The lowest BCUT2D eigenvalue weighted by atomic mass is 10.1. The third kappa shape index (κ3) is 8.63. The van der Waals surface area contributed by atoms with Crippen LogP contribution in [0.4, 0.5) is 10.7 Å². The summed E-state index contributed by atoms with van der Waals surface area (Å²) in [7, 11) is 0. The van der Waals surface area contributed by atoms with E-state index in [0.717, 1.165) is 25.0 Å². The predicted octanol–water partition coefficient (Wildman–Crippen LogP) is 4.18. The van der Waals surface area contributed by atoms with Crippen LogP contribution < -0.4 is 16.0 Å². The highest BCUT2D eigenvalue weighted by molar-refractivity contribution is 14.1. The Hall–Kier alpha value is -2.52. The van der Waals surface area contributed by atoms with E-state index in [-0.39, 0.29) is 19.1 Å². The zero-order valence-electron chi connectivity index (χ0n) is 17.3. The lowest BCUT2D eigenvalue weighted by Gasteiger charge is -2.13. The normalized spacial score (nSPS) is 11.7. The molecule has 3 aromatic rings. The molecule has 0 saturated heterocycles. The Balaban J connectivity index is 1.27. The van der Waals surface area contributed by atoms with E-state index in [1.54, 1.807) is 0 Å². The minimum Gasteiger partial charge on any atom is -0.445 e. The number of hydrogen-bond donors (Lipinski definition) is 4. The standard InChI is InChI=1S/C24H28IN3O3/c25-20-10-8-18(9-11-20)7-4-14-26-24(30)28-17-21(29)16-27-23-13-12-22(31-23)15-19-5-2-1-3-6-19/h1-3,5-6,8-13,21,27,29H,4,7,14-17H2,(H2,26,28,30). The number of aliphatic hydroxyl groups excluding tert-OH is 1. The summed E-state index contributed by atoms with van der Waals surface area (Å²) in [6.07, 6.45) is 1.78. The molecule has 1 atom stereocenters. The number of benzene rings is 2. The number of hydrogen-bond acceptors (Lipinski definition) is 4. The summed E-state index contributed by atoms with van der Waals surface area (Å²) in [6, 6.07) is 22.0. The predicted molar refractivity (Wildman–Crippen MR) is 131 cm³/mol. The average molecular weight is 533 g/mol. The molecule has 0 aliphatic carbocycles. The van der Waals surface area contributed by atoms with Crippen molar-refractivity contribution in [1.29, 1.82) is 0 Å². The first-order valence-electron chi connectivity index (χ1n) is 10.4. The van der Waals surface area contributed by atoms with Crippen LogP contribution >= 0.6 is 22.6 Å². The van der Waals surface area contributed by atoms with Crippen LogP contribution in [-0.2, 0) is 12.8 Å². The van der Waals surface area contributed by atoms with Crippen molar-refractivity contribution in [3.05, 3.63) is 87.2 Å². The molecule has 6 nitrogen and oxygen atoms in total. The third-order valence-corrected chi connectivity index (χ3v) is 5.45. The molecular weight excluding hydrogens is 505 g/mol. The van der Waals surface area contributed by atoms with Crippen LogP contribution in [0.5, 0.6) is 0 Å². The van der Waals surface area contributed by atoms with Crippen LogP contribution in [-0.4, -0.2) is 36.9 Å². The van der Waals surface area contributed by atoms with E-state index in [1.165, 1.54) is 14.7 Å². The maximum atomic E-state index is 11.9. The number of furan rings is 1. The minimum absolute atomic E-state index is 0.160. The van der Waals surface area contributed by atoms with E-state index >= 15 is 0 Å². The fraction of sp³-hybridized carbons (Fsp3) is 0.292. The van der Waals surface area contributed by atoms with Crippen molar-refractivity contribution in [2.75, 3.05) is 25.0 Å². The second-order valence-electron chi connectivity index (χ2n) is 7.33. The van der Waals surface area contributed by atoms with Gasteiger partial charge in [0.2, 0.25) is 0 Å². The van der Waals surface area contributed by atoms with Crippen molar-refractivity contribution in [3.63, 3.8) is 0 Å². The molecule has 0 radical (unpaired) electrons. The number of amides is 2. The fourth-order valence-corrected chi connectivity index (χ4v) is 3.43. The van der Waals surface area contributed by atoms with E-state index in [2.05, 4.69) is 74.9 Å². The summed E-state index contributed by atoms with van der Waals surface area (Å²) in [4.78, 5) is 11.9. The number of rotatable bonds is 11. The molecule has 164 valence electrons. The lowest BCUT2D eigenvalue weighted by Crippen LogP contribution is -2.41. The molecule has 31 heavy (non-hydrogen) atoms. The van der Waals surface area contributed by atoms with Gasteiger partial charge in [-0.3, -0.25) is 0 Å². The molecule has 1 heterocycles. The number of carbonyl (C=O) groups excluding carboxylic acids is 1. The SMILES string of the molecule is O=C(NCCCc1ccc(I)cc1)NCC(O)CNc1ccc(Cc2ccccc2)o1. The van der Waals surface area contributed by atoms with Gasteiger partial charge in [-0.05, 0) is 64.8 Å². The molecule has 3 rings (SSSR count). The molecule has 7 heteroatoms. The number of urea groups is 1. The highest BCUT2D eigenvalue weighted by Crippen LogP contribution is 2.16. The van der Waals surface area contributed by atoms with Crippen molar-refractivity contribution in [2.45, 2.75) is 25.4 Å². The Morgan fingerprint density at radius 3 is 2.48 bits per heavy atom. The van der Waals surface area contributed by atoms with Crippen LogP contribution in [0.15, 0.2) is 71.1 Å². The summed E-state index contributed by atoms with van der Waals surface area (Å²) >= 11 is 2.28. The Labute approximate surface area is 196 Å². The van der Waals surface area contributed by atoms with E-state index < -0.39 is 6.10 Å². The van der Waals surface area contributed by atoms with Gasteiger partial charge in [-0.2, -0.15) is 0 Å². The summed E-state index contributed by atoms with van der Waals surface area (Å²) in [5.74, 6) is 1.45. The van der Waals surface area contributed by atoms with Gasteiger partial charge >= 0.3 is 6.03 Å². The van der Waals surface area contributed by atoms with Crippen LogP contribution in [0.1, 0.15) is 23.3 Å². The second kappa shape index (κ2) is 12.4. The second-order valence-corrected chi connectivity index (χ2v) is 8.58. The molecule has 0 bridgehead atoms. The van der Waals surface area contributed by atoms with Gasteiger partial charge in [-0.15, -0.1) is 0 Å². The molecule has 4 N–H and O–H groups in total. The first-order valence-corrected chi connectivity index (χ1v) is 11.5. The van der Waals surface area contributed by atoms with Crippen molar-refractivity contribution in [1.82, 2.24) is 10.6 Å². The minimum atomic E-state index is -0.722. The summed E-state index contributed by atoms with van der Waals surface area (Å²) < 4.78 is 6.96. The van der Waals surface area contributed by atoms with Gasteiger partial charge in [0.25, 0.3) is 0 Å². The number of halogens is 1. The number of nitrogens with one attached hydrogen (secondary N) is 3. The number of anilines is 1. The van der Waals surface area contributed by atoms with Crippen LogP contribution in [0.2, 0.25) is 0 Å². The number of carbonyl (C=O) groups is 1. The quantitative estimate of drug-likeness (QED) is 0.220. The highest BCUT2D eigenvalue weighted by atomic mass is 127. The zero-order valence-corrected chi connectivity index (χ0v) is 19.5. The van der Waals surface area contributed by atoms with Gasteiger partial charge in [-0.1, -0.05) is 42.5 Å². The van der Waals surface area contributed by atoms with E-state index in [9.17, 15) is 9.90 Å². The van der Waals surface area contributed by atoms with Gasteiger partial charge in [0.15, 0.2) is 5.88 Å².